The molecule has 1 aromatic carbocycles. The van der Waals surface area contributed by atoms with Gasteiger partial charge in [0.25, 0.3) is 0 Å². The highest BCUT2D eigenvalue weighted by Gasteiger charge is 2.18. The van der Waals surface area contributed by atoms with E-state index in [1.54, 1.807) is 0 Å². The Balaban J connectivity index is 2.35. The van der Waals surface area contributed by atoms with Crippen LogP contribution in [0.1, 0.15) is 34.7 Å². The molecule has 19 heavy (non-hydrogen) atoms. The van der Waals surface area contributed by atoms with Gasteiger partial charge in [-0.2, -0.15) is 0 Å². The Morgan fingerprint density at radius 2 is 2.00 bits per heavy atom. The molecule has 4 heteroatoms. The summed E-state index contributed by atoms with van der Waals surface area (Å²) in [5, 5.41) is 4.39. The van der Waals surface area contributed by atoms with Gasteiger partial charge < -0.3 is 5.32 Å². The fourth-order valence-corrected chi connectivity index (χ4v) is 4.11. The van der Waals surface area contributed by atoms with Gasteiger partial charge in [-0.15, -0.1) is 11.3 Å². The molecule has 1 nitrogen and oxygen atoms in total. The number of benzene rings is 1. The number of aryl methyl sites for hydroxylation is 1. The summed E-state index contributed by atoms with van der Waals surface area (Å²) in [6, 6.07) is 10.5. The molecule has 0 radical (unpaired) electrons. The maximum Gasteiger partial charge on any atom is 0.0682 e. The minimum Gasteiger partial charge on any atom is -0.306 e. The first-order chi connectivity index (χ1) is 9.11. The van der Waals surface area contributed by atoms with E-state index >= 15 is 0 Å². The molecule has 102 valence electrons. The molecule has 0 aliphatic rings. The first-order valence-electron chi connectivity index (χ1n) is 6.36. The Morgan fingerprint density at radius 3 is 2.53 bits per heavy atom. The summed E-state index contributed by atoms with van der Waals surface area (Å²) < 4.78 is 1.18. The van der Waals surface area contributed by atoms with Crippen LogP contribution in [0, 0.1) is 6.92 Å². The van der Waals surface area contributed by atoms with Gasteiger partial charge in [-0.1, -0.05) is 30.7 Å². The first kappa shape index (κ1) is 15.0. The van der Waals surface area contributed by atoms with E-state index in [1.807, 2.05) is 23.5 Å². The second-order valence-electron chi connectivity index (χ2n) is 4.51. The minimum absolute atomic E-state index is 0.227. The van der Waals surface area contributed by atoms with Crippen LogP contribution in [0.4, 0.5) is 0 Å². The molecule has 1 aromatic heterocycles. The molecule has 2 rings (SSSR count). The lowest BCUT2D eigenvalue weighted by molar-refractivity contribution is 0.604. The van der Waals surface area contributed by atoms with Crippen molar-refractivity contribution >= 4 is 38.9 Å². The van der Waals surface area contributed by atoms with E-state index in [4.69, 9.17) is 11.6 Å². The number of halogens is 2. The van der Waals surface area contributed by atoms with Crippen LogP contribution in [0.15, 0.2) is 34.8 Å². The van der Waals surface area contributed by atoms with E-state index in [1.165, 1.54) is 19.8 Å². The number of thiophene rings is 1. The molecule has 0 fully saturated rings. The zero-order valence-corrected chi connectivity index (χ0v) is 14.2. The first-order valence-corrected chi connectivity index (χ1v) is 8.35. The van der Waals surface area contributed by atoms with Crippen LogP contribution in [0.3, 0.4) is 0 Å². The maximum atomic E-state index is 5.98. The van der Waals surface area contributed by atoms with Gasteiger partial charge in [0.1, 0.15) is 0 Å². The molecule has 0 spiro atoms. The van der Waals surface area contributed by atoms with E-state index < -0.39 is 0 Å². The van der Waals surface area contributed by atoms with Gasteiger partial charge in [0, 0.05) is 19.2 Å². The van der Waals surface area contributed by atoms with Gasteiger partial charge in [-0.3, -0.25) is 0 Å². The lowest BCUT2D eigenvalue weighted by atomic mass is 10.1. The molecular weight excluding hydrogens is 342 g/mol. The number of rotatable bonds is 5. The summed E-state index contributed by atoms with van der Waals surface area (Å²) >= 11 is 11.5. The molecule has 0 aliphatic heterocycles. The minimum atomic E-state index is 0.227. The van der Waals surface area contributed by atoms with Gasteiger partial charge in [0.2, 0.25) is 0 Å². The molecule has 0 amide bonds. The van der Waals surface area contributed by atoms with E-state index in [0.717, 1.165) is 18.0 Å². The predicted molar refractivity (Wildman–Crippen MR) is 88.3 cm³/mol. The number of hydrogen-bond donors (Lipinski definition) is 1. The maximum absolute atomic E-state index is 5.98. The van der Waals surface area contributed by atoms with Crippen molar-refractivity contribution in [1.29, 1.82) is 0 Å². The van der Waals surface area contributed by atoms with E-state index in [9.17, 15) is 0 Å². The van der Waals surface area contributed by atoms with Crippen molar-refractivity contribution < 1.29 is 0 Å². The summed E-state index contributed by atoms with van der Waals surface area (Å²) in [5.41, 5.74) is 1.25. The highest BCUT2D eigenvalue weighted by atomic mass is 79.9. The summed E-state index contributed by atoms with van der Waals surface area (Å²) in [5.74, 6) is 0. The van der Waals surface area contributed by atoms with Crippen molar-refractivity contribution in [3.63, 3.8) is 0 Å². The van der Waals surface area contributed by atoms with Crippen LogP contribution in [0.2, 0.25) is 5.02 Å². The molecule has 0 bridgehead atoms. The highest BCUT2D eigenvalue weighted by molar-refractivity contribution is 9.10. The molecule has 1 heterocycles. The van der Waals surface area contributed by atoms with Crippen LogP contribution >= 0.6 is 38.9 Å². The van der Waals surface area contributed by atoms with Crippen molar-refractivity contribution in [2.24, 2.45) is 0 Å². The lowest BCUT2D eigenvalue weighted by Crippen LogP contribution is -2.22. The molecule has 0 saturated heterocycles. The lowest BCUT2D eigenvalue weighted by Gasteiger charge is -2.18. The van der Waals surface area contributed by atoms with Crippen molar-refractivity contribution in [3.8, 4) is 0 Å². The predicted octanol–water partition coefficient (Wildman–Crippen LogP) is 5.56. The fourth-order valence-electron chi connectivity index (χ4n) is 2.00. The summed E-state index contributed by atoms with van der Waals surface area (Å²) in [6.07, 6.45) is 1.12. The third kappa shape index (κ3) is 3.82. The van der Waals surface area contributed by atoms with E-state index in [-0.39, 0.29) is 6.04 Å². The highest BCUT2D eigenvalue weighted by Crippen LogP contribution is 2.35. The fraction of sp³-hybridized carbons (Fsp3) is 0.333. The molecule has 0 aliphatic carbocycles. The van der Waals surface area contributed by atoms with E-state index in [0.29, 0.717) is 0 Å². The average molecular weight is 359 g/mol. The third-order valence-corrected chi connectivity index (χ3v) is 5.19. The van der Waals surface area contributed by atoms with Gasteiger partial charge in [0.05, 0.1) is 6.04 Å². The van der Waals surface area contributed by atoms with Crippen molar-refractivity contribution in [3.05, 3.63) is 55.1 Å². The molecule has 1 N–H and O–H groups in total. The number of hydrogen-bond acceptors (Lipinski definition) is 2. The summed E-state index contributed by atoms with van der Waals surface area (Å²) in [6.45, 7) is 5.31. The van der Waals surface area contributed by atoms with Crippen molar-refractivity contribution in [1.82, 2.24) is 5.32 Å². The molecule has 1 atom stereocenters. The quantitative estimate of drug-likeness (QED) is 0.737. The zero-order chi connectivity index (χ0) is 13.8. The van der Waals surface area contributed by atoms with Gasteiger partial charge in [0.15, 0.2) is 0 Å². The van der Waals surface area contributed by atoms with Gasteiger partial charge in [-0.05, 0) is 59.6 Å². The Labute approximate surface area is 132 Å². The Morgan fingerprint density at radius 1 is 1.32 bits per heavy atom. The smallest absolute Gasteiger partial charge is 0.0682 e. The Kier molecular flexibility index (Phi) is 5.46. The number of nitrogens with one attached hydrogen (secondary N) is 1. The molecule has 2 aromatic rings. The Hall–Kier alpha value is -0.350. The van der Waals surface area contributed by atoms with Crippen LogP contribution in [0.5, 0.6) is 0 Å². The third-order valence-electron chi connectivity index (χ3n) is 2.90. The normalized spacial score (nSPS) is 12.6. The van der Waals surface area contributed by atoms with Gasteiger partial charge in [-0.25, -0.2) is 0 Å². The second kappa shape index (κ2) is 6.89. The summed E-state index contributed by atoms with van der Waals surface area (Å²) in [4.78, 5) is 2.65. The largest absolute Gasteiger partial charge is 0.306 e. The Bertz CT molecular complexity index is 536. The monoisotopic (exact) mass is 357 g/mol. The SMILES string of the molecule is CCCNC(c1ccc(Cl)cc1)c1sc(C)cc1Br. The second-order valence-corrected chi connectivity index (χ2v) is 7.09. The van der Waals surface area contributed by atoms with Crippen LogP contribution in [-0.2, 0) is 0 Å². The molecule has 1 unspecified atom stereocenters. The molecular formula is C15H17BrClNS. The van der Waals surface area contributed by atoms with Crippen LogP contribution in [-0.4, -0.2) is 6.54 Å². The van der Waals surface area contributed by atoms with Gasteiger partial charge >= 0.3 is 0 Å². The topological polar surface area (TPSA) is 12.0 Å². The molecule has 0 saturated carbocycles. The summed E-state index contributed by atoms with van der Waals surface area (Å²) in [7, 11) is 0. The zero-order valence-electron chi connectivity index (χ0n) is 11.0. The standard InChI is InChI=1S/C15H17BrClNS/c1-3-8-18-14(11-4-6-12(17)7-5-11)15-13(16)9-10(2)19-15/h4-7,9,14,18H,3,8H2,1-2H3. The van der Waals surface area contributed by atoms with Crippen LogP contribution < -0.4 is 5.32 Å². The average Bonchev–Trinajstić information content (AvgIpc) is 2.71. The van der Waals surface area contributed by atoms with Crippen molar-refractivity contribution in [2.45, 2.75) is 26.3 Å². The van der Waals surface area contributed by atoms with Crippen molar-refractivity contribution in [2.75, 3.05) is 6.54 Å². The van der Waals surface area contributed by atoms with E-state index in [2.05, 4.69) is 53.3 Å². The van der Waals surface area contributed by atoms with Crippen LogP contribution in [0.25, 0.3) is 0 Å².